The molecule has 2 atom stereocenters. The molecule has 1 fully saturated rings. The highest BCUT2D eigenvalue weighted by atomic mass is 16.7. The van der Waals surface area contributed by atoms with Crippen molar-refractivity contribution in [1.29, 1.82) is 0 Å². The van der Waals surface area contributed by atoms with E-state index in [1.54, 1.807) is 0 Å². The minimum absolute atomic E-state index is 0.00665. The van der Waals surface area contributed by atoms with Crippen molar-refractivity contribution in [1.82, 2.24) is 0 Å². The van der Waals surface area contributed by atoms with Crippen molar-refractivity contribution in [2.24, 2.45) is 5.92 Å². The number of carbonyl (C=O) groups is 1. The minimum atomic E-state index is 0.00665. The third kappa shape index (κ3) is 4.72. The predicted molar refractivity (Wildman–Crippen MR) is 54.0 cm³/mol. The Bertz CT molecular complexity index is 153. The number of aldehydes is 1. The summed E-state index contributed by atoms with van der Waals surface area (Å²) in [6.07, 6.45) is 5.93. The zero-order valence-corrected chi connectivity index (χ0v) is 8.91. The molecule has 3 nitrogen and oxygen atoms in total. The van der Waals surface area contributed by atoms with Gasteiger partial charge in [0.1, 0.15) is 6.29 Å². The van der Waals surface area contributed by atoms with E-state index in [0.717, 1.165) is 32.2 Å². The van der Waals surface area contributed by atoms with Gasteiger partial charge in [0.25, 0.3) is 0 Å². The lowest BCUT2D eigenvalue weighted by atomic mass is 10.1. The summed E-state index contributed by atoms with van der Waals surface area (Å²) in [6.45, 7) is 3.60. The van der Waals surface area contributed by atoms with Crippen LogP contribution in [0.1, 0.15) is 39.0 Å². The number of hydrogen-bond donors (Lipinski definition) is 0. The van der Waals surface area contributed by atoms with Crippen molar-refractivity contribution in [2.75, 3.05) is 13.2 Å². The molecular formula is C11H20O3. The van der Waals surface area contributed by atoms with Crippen molar-refractivity contribution in [3.63, 3.8) is 0 Å². The molecule has 14 heavy (non-hydrogen) atoms. The maximum absolute atomic E-state index is 10.2. The van der Waals surface area contributed by atoms with Gasteiger partial charge in [-0.1, -0.05) is 6.92 Å². The van der Waals surface area contributed by atoms with Gasteiger partial charge in [-0.25, -0.2) is 0 Å². The van der Waals surface area contributed by atoms with Gasteiger partial charge in [0.05, 0.1) is 0 Å². The lowest BCUT2D eigenvalue weighted by Gasteiger charge is -2.23. The van der Waals surface area contributed by atoms with Gasteiger partial charge in [-0.2, -0.15) is 0 Å². The van der Waals surface area contributed by atoms with Crippen LogP contribution in [0.5, 0.6) is 0 Å². The van der Waals surface area contributed by atoms with Crippen molar-refractivity contribution < 1.29 is 14.3 Å². The van der Waals surface area contributed by atoms with Gasteiger partial charge in [0.2, 0.25) is 0 Å². The van der Waals surface area contributed by atoms with Crippen LogP contribution in [0.3, 0.4) is 0 Å². The average molecular weight is 200 g/mol. The zero-order valence-electron chi connectivity index (χ0n) is 8.91. The number of ether oxygens (including phenoxy) is 2. The fourth-order valence-corrected chi connectivity index (χ4v) is 1.53. The van der Waals surface area contributed by atoms with Crippen LogP contribution in [0.25, 0.3) is 0 Å². The molecule has 0 amide bonds. The largest absolute Gasteiger partial charge is 0.353 e. The Morgan fingerprint density at radius 2 is 2.43 bits per heavy atom. The summed E-state index contributed by atoms with van der Waals surface area (Å²) in [5.74, 6) is 0.427. The summed E-state index contributed by atoms with van der Waals surface area (Å²) in [6, 6.07) is 0. The number of hydrogen-bond acceptors (Lipinski definition) is 3. The van der Waals surface area contributed by atoms with Crippen molar-refractivity contribution >= 4 is 6.29 Å². The molecule has 0 spiro atoms. The molecule has 0 saturated carbocycles. The first kappa shape index (κ1) is 11.7. The molecule has 0 radical (unpaired) electrons. The highest BCUT2D eigenvalue weighted by Gasteiger charge is 2.13. The van der Waals surface area contributed by atoms with Gasteiger partial charge in [0.15, 0.2) is 6.29 Å². The third-order valence-corrected chi connectivity index (χ3v) is 2.55. The summed E-state index contributed by atoms with van der Waals surface area (Å²) < 4.78 is 11.0. The SMILES string of the molecule is C[C@H](CC=O)CCO[C@H]1CCCCO1. The van der Waals surface area contributed by atoms with E-state index >= 15 is 0 Å². The molecule has 1 saturated heterocycles. The van der Waals surface area contributed by atoms with Gasteiger partial charge in [0, 0.05) is 19.6 Å². The van der Waals surface area contributed by atoms with E-state index in [9.17, 15) is 4.79 Å². The van der Waals surface area contributed by atoms with Crippen LogP contribution in [0.2, 0.25) is 0 Å². The molecule has 0 aromatic heterocycles. The van der Waals surface area contributed by atoms with Crippen LogP contribution in [0.4, 0.5) is 0 Å². The van der Waals surface area contributed by atoms with Gasteiger partial charge in [-0.15, -0.1) is 0 Å². The second-order valence-electron chi connectivity index (χ2n) is 3.96. The van der Waals surface area contributed by atoms with Gasteiger partial charge in [-0.3, -0.25) is 0 Å². The van der Waals surface area contributed by atoms with Crippen molar-refractivity contribution in [2.45, 2.75) is 45.3 Å². The van der Waals surface area contributed by atoms with Crippen LogP contribution in [-0.4, -0.2) is 25.8 Å². The van der Waals surface area contributed by atoms with E-state index in [1.165, 1.54) is 6.42 Å². The summed E-state index contributed by atoms with van der Waals surface area (Å²) in [5.41, 5.74) is 0. The summed E-state index contributed by atoms with van der Waals surface area (Å²) in [5, 5.41) is 0. The van der Waals surface area contributed by atoms with Crippen LogP contribution in [0.15, 0.2) is 0 Å². The highest BCUT2D eigenvalue weighted by Crippen LogP contribution is 2.15. The fourth-order valence-electron chi connectivity index (χ4n) is 1.53. The standard InChI is InChI=1S/C11H20O3/c1-10(5-7-12)6-9-14-11-4-2-3-8-13-11/h7,10-11H,2-6,8-9H2,1H3/t10-,11+/m1/s1. The van der Waals surface area contributed by atoms with Gasteiger partial charge >= 0.3 is 0 Å². The van der Waals surface area contributed by atoms with Crippen LogP contribution in [-0.2, 0) is 14.3 Å². The Labute approximate surface area is 85.8 Å². The Morgan fingerprint density at radius 3 is 3.07 bits per heavy atom. The molecule has 3 heteroatoms. The average Bonchev–Trinajstić information content (AvgIpc) is 2.20. The topological polar surface area (TPSA) is 35.5 Å². The molecule has 82 valence electrons. The quantitative estimate of drug-likeness (QED) is 0.616. The molecular weight excluding hydrogens is 180 g/mol. The zero-order chi connectivity index (χ0) is 10.2. The van der Waals surface area contributed by atoms with E-state index in [1.807, 2.05) is 0 Å². The summed E-state index contributed by atoms with van der Waals surface area (Å²) >= 11 is 0. The third-order valence-electron chi connectivity index (χ3n) is 2.55. The highest BCUT2D eigenvalue weighted by molar-refractivity contribution is 5.49. The predicted octanol–water partition coefficient (Wildman–Crippen LogP) is 2.14. The first-order valence-electron chi connectivity index (χ1n) is 5.49. The van der Waals surface area contributed by atoms with Crippen LogP contribution >= 0.6 is 0 Å². The Balaban J connectivity index is 1.99. The molecule has 0 aliphatic carbocycles. The Hall–Kier alpha value is -0.410. The molecule has 0 aromatic rings. The molecule has 0 N–H and O–H groups in total. The molecule has 0 aromatic carbocycles. The normalized spacial score (nSPS) is 24.5. The first-order chi connectivity index (χ1) is 6.83. The van der Waals surface area contributed by atoms with E-state index in [-0.39, 0.29) is 6.29 Å². The maximum atomic E-state index is 10.2. The summed E-state index contributed by atoms with van der Waals surface area (Å²) in [4.78, 5) is 10.2. The van der Waals surface area contributed by atoms with Crippen LogP contribution in [0, 0.1) is 5.92 Å². The molecule has 1 aliphatic rings. The van der Waals surface area contributed by atoms with Crippen molar-refractivity contribution in [3.05, 3.63) is 0 Å². The monoisotopic (exact) mass is 200 g/mol. The number of rotatable bonds is 6. The molecule has 1 rings (SSSR count). The second-order valence-corrected chi connectivity index (χ2v) is 3.96. The fraction of sp³-hybridized carbons (Fsp3) is 0.909. The minimum Gasteiger partial charge on any atom is -0.353 e. The van der Waals surface area contributed by atoms with E-state index < -0.39 is 0 Å². The second kappa shape index (κ2) is 6.96. The number of carbonyl (C=O) groups excluding carboxylic acids is 1. The lowest BCUT2D eigenvalue weighted by Crippen LogP contribution is -2.23. The molecule has 1 aliphatic heterocycles. The van der Waals surface area contributed by atoms with Gasteiger partial charge < -0.3 is 14.3 Å². The molecule has 0 unspecified atom stereocenters. The van der Waals surface area contributed by atoms with E-state index in [0.29, 0.717) is 18.9 Å². The lowest BCUT2D eigenvalue weighted by molar-refractivity contribution is -0.163. The van der Waals surface area contributed by atoms with Gasteiger partial charge in [-0.05, 0) is 31.6 Å². The maximum Gasteiger partial charge on any atom is 0.157 e. The molecule has 1 heterocycles. The van der Waals surface area contributed by atoms with E-state index in [2.05, 4.69) is 6.92 Å². The first-order valence-corrected chi connectivity index (χ1v) is 5.49. The van der Waals surface area contributed by atoms with Crippen LogP contribution < -0.4 is 0 Å². The molecule has 0 bridgehead atoms. The smallest absolute Gasteiger partial charge is 0.157 e. The Morgan fingerprint density at radius 1 is 1.57 bits per heavy atom. The van der Waals surface area contributed by atoms with E-state index in [4.69, 9.17) is 9.47 Å². The summed E-state index contributed by atoms with van der Waals surface area (Å²) in [7, 11) is 0. The Kier molecular flexibility index (Phi) is 5.80. The van der Waals surface area contributed by atoms with Crippen molar-refractivity contribution in [3.8, 4) is 0 Å².